The minimum absolute atomic E-state index is 0.0591. The Morgan fingerprint density at radius 2 is 1.58 bits per heavy atom. The van der Waals surface area contributed by atoms with Gasteiger partial charge >= 0.3 is 5.97 Å². The molecule has 33 heavy (non-hydrogen) atoms. The Labute approximate surface area is 189 Å². The van der Waals surface area contributed by atoms with Crippen LogP contribution in [0.15, 0.2) is 78.9 Å². The molecule has 3 N–H and O–H groups in total. The molecule has 1 spiro atoms. The van der Waals surface area contributed by atoms with Crippen molar-refractivity contribution in [3.8, 4) is 23.0 Å². The van der Waals surface area contributed by atoms with Crippen LogP contribution in [-0.2, 0) is 10.3 Å². The van der Waals surface area contributed by atoms with E-state index < -0.39 is 11.6 Å². The fraction of sp³-hybridized carbons (Fsp3) is 0.0741. The van der Waals surface area contributed by atoms with Crippen LogP contribution in [0, 0.1) is 6.92 Å². The lowest BCUT2D eigenvalue weighted by molar-refractivity contribution is 0.0224. The summed E-state index contributed by atoms with van der Waals surface area (Å²) >= 11 is 0. The number of aryl methyl sites for hydroxylation is 1. The van der Waals surface area contributed by atoms with E-state index in [1.165, 1.54) is 6.07 Å². The van der Waals surface area contributed by atoms with E-state index in [0.29, 0.717) is 28.2 Å². The van der Waals surface area contributed by atoms with Gasteiger partial charge in [-0.15, -0.1) is 0 Å². The van der Waals surface area contributed by atoms with E-state index in [0.717, 1.165) is 22.5 Å². The van der Waals surface area contributed by atoms with Crippen LogP contribution >= 0.6 is 0 Å². The summed E-state index contributed by atoms with van der Waals surface area (Å²) < 4.78 is 12.3. The van der Waals surface area contributed by atoms with Crippen molar-refractivity contribution in [3.63, 3.8) is 0 Å². The van der Waals surface area contributed by atoms with Crippen molar-refractivity contribution < 1.29 is 24.5 Å². The van der Waals surface area contributed by atoms with Crippen LogP contribution in [0.25, 0.3) is 0 Å². The molecule has 6 rings (SSSR count). The number of anilines is 2. The van der Waals surface area contributed by atoms with Crippen molar-refractivity contribution in [1.82, 2.24) is 0 Å². The van der Waals surface area contributed by atoms with Gasteiger partial charge in [-0.25, -0.2) is 4.79 Å². The molecule has 1 unspecified atom stereocenters. The summed E-state index contributed by atoms with van der Waals surface area (Å²) in [6.45, 7) is 1.94. The third-order valence-corrected chi connectivity index (χ3v) is 6.17. The maximum absolute atomic E-state index is 13.0. The molecule has 0 saturated carbocycles. The highest BCUT2D eigenvalue weighted by Gasteiger charge is 2.53. The van der Waals surface area contributed by atoms with Gasteiger partial charge in [-0.05, 0) is 55.0 Å². The maximum atomic E-state index is 13.0. The number of fused-ring (bicyclic) bond motifs is 6. The van der Waals surface area contributed by atoms with Crippen molar-refractivity contribution in [2.75, 3.05) is 5.32 Å². The summed E-state index contributed by atoms with van der Waals surface area (Å²) in [5.41, 5.74) is 3.71. The second-order valence-electron chi connectivity index (χ2n) is 8.24. The SMILES string of the molecule is Cc1cc2c(cc1Nc1cccc(O)c1)C1(OC(=O)c3ccccc31)c1ccc(O)cc1O2. The van der Waals surface area contributed by atoms with Gasteiger partial charge in [-0.3, -0.25) is 0 Å². The van der Waals surface area contributed by atoms with Crippen molar-refractivity contribution in [1.29, 1.82) is 0 Å². The Morgan fingerprint density at radius 3 is 2.42 bits per heavy atom. The van der Waals surface area contributed by atoms with Crippen LogP contribution in [-0.4, -0.2) is 16.2 Å². The standard InChI is InChI=1S/C27H19NO5/c1-15-11-24-22(14-23(15)28-16-5-4-6-17(29)12-16)27(21-10-9-18(30)13-25(21)32-24)20-8-3-2-7-19(20)26(31)33-27/h2-14,28-30H,1H3. The topological polar surface area (TPSA) is 88.0 Å². The van der Waals surface area contributed by atoms with Gasteiger partial charge in [-0.1, -0.05) is 24.3 Å². The van der Waals surface area contributed by atoms with Gasteiger partial charge < -0.3 is 25.0 Å². The Bertz CT molecular complexity index is 1460. The van der Waals surface area contributed by atoms with Gasteiger partial charge in [0, 0.05) is 40.2 Å². The van der Waals surface area contributed by atoms with Crippen molar-refractivity contribution in [3.05, 3.63) is 107 Å². The van der Waals surface area contributed by atoms with Crippen LogP contribution in [0.5, 0.6) is 23.0 Å². The summed E-state index contributed by atoms with van der Waals surface area (Å²) in [6.07, 6.45) is 0. The minimum Gasteiger partial charge on any atom is -0.508 e. The van der Waals surface area contributed by atoms with E-state index in [4.69, 9.17) is 9.47 Å². The zero-order valence-electron chi connectivity index (χ0n) is 17.6. The Balaban J connectivity index is 1.61. The molecule has 4 aromatic carbocycles. The molecule has 0 saturated heterocycles. The van der Waals surface area contributed by atoms with Crippen LogP contribution in [0.1, 0.15) is 32.6 Å². The number of phenols is 2. The van der Waals surface area contributed by atoms with Gasteiger partial charge in [0.15, 0.2) is 5.60 Å². The first-order valence-corrected chi connectivity index (χ1v) is 10.5. The lowest BCUT2D eigenvalue weighted by Crippen LogP contribution is -2.33. The smallest absolute Gasteiger partial charge is 0.340 e. The number of hydrogen-bond acceptors (Lipinski definition) is 6. The lowest BCUT2D eigenvalue weighted by Gasteiger charge is -2.37. The van der Waals surface area contributed by atoms with E-state index in [2.05, 4.69) is 5.32 Å². The zero-order chi connectivity index (χ0) is 22.7. The molecule has 2 heterocycles. The van der Waals surface area contributed by atoms with Crippen LogP contribution in [0.4, 0.5) is 11.4 Å². The van der Waals surface area contributed by atoms with Crippen LogP contribution in [0.3, 0.4) is 0 Å². The predicted molar refractivity (Wildman–Crippen MR) is 122 cm³/mol. The third-order valence-electron chi connectivity index (χ3n) is 6.17. The molecule has 0 amide bonds. The van der Waals surface area contributed by atoms with E-state index in [1.807, 2.05) is 37.3 Å². The van der Waals surface area contributed by atoms with Gasteiger partial charge in [0.2, 0.25) is 0 Å². The summed E-state index contributed by atoms with van der Waals surface area (Å²) in [6, 6.07) is 22.8. The van der Waals surface area contributed by atoms with Crippen molar-refractivity contribution >= 4 is 17.3 Å². The summed E-state index contributed by atoms with van der Waals surface area (Å²) in [5.74, 6) is 0.767. The first-order chi connectivity index (χ1) is 16.0. The molecule has 0 aromatic heterocycles. The molecular formula is C27H19NO5. The van der Waals surface area contributed by atoms with E-state index in [9.17, 15) is 15.0 Å². The number of phenolic OH excluding ortho intramolecular Hbond substituents is 2. The molecule has 1 atom stereocenters. The molecule has 0 aliphatic carbocycles. The van der Waals surface area contributed by atoms with E-state index in [1.54, 1.807) is 42.5 Å². The number of carbonyl (C=O) groups excluding carboxylic acids is 1. The highest BCUT2D eigenvalue weighted by molar-refractivity contribution is 5.97. The van der Waals surface area contributed by atoms with E-state index >= 15 is 0 Å². The number of hydrogen-bond donors (Lipinski definition) is 3. The number of nitrogens with one attached hydrogen (secondary N) is 1. The predicted octanol–water partition coefficient (Wildman–Crippen LogP) is 5.72. The monoisotopic (exact) mass is 437 g/mol. The highest BCUT2D eigenvalue weighted by atomic mass is 16.6. The number of carbonyl (C=O) groups is 1. The average molecular weight is 437 g/mol. The summed E-state index contributed by atoms with van der Waals surface area (Å²) in [7, 11) is 0. The number of benzene rings is 4. The van der Waals surface area contributed by atoms with Crippen molar-refractivity contribution in [2.24, 2.45) is 0 Å². The number of esters is 1. The Hall–Kier alpha value is -4.45. The van der Waals surface area contributed by atoms with Crippen LogP contribution < -0.4 is 10.1 Å². The zero-order valence-corrected chi connectivity index (χ0v) is 17.6. The number of rotatable bonds is 2. The first-order valence-electron chi connectivity index (χ1n) is 10.5. The normalized spacial score (nSPS) is 17.5. The Kier molecular flexibility index (Phi) is 3.95. The molecule has 2 aliphatic rings. The molecular weight excluding hydrogens is 418 g/mol. The second-order valence-corrected chi connectivity index (χ2v) is 8.24. The first kappa shape index (κ1) is 19.3. The molecule has 162 valence electrons. The fourth-order valence-electron chi connectivity index (χ4n) is 4.68. The third kappa shape index (κ3) is 2.77. The summed E-state index contributed by atoms with van der Waals surface area (Å²) in [4.78, 5) is 13.0. The fourth-order valence-corrected chi connectivity index (χ4v) is 4.68. The number of ether oxygens (including phenoxy) is 2. The molecule has 0 radical (unpaired) electrons. The quantitative estimate of drug-likeness (QED) is 0.348. The second kappa shape index (κ2) is 6.77. The molecule has 6 nitrogen and oxygen atoms in total. The van der Waals surface area contributed by atoms with Gasteiger partial charge in [0.25, 0.3) is 0 Å². The summed E-state index contributed by atoms with van der Waals surface area (Å²) in [5, 5.41) is 23.3. The Morgan fingerprint density at radius 1 is 0.788 bits per heavy atom. The molecule has 6 heteroatoms. The molecule has 4 aromatic rings. The van der Waals surface area contributed by atoms with Crippen LogP contribution in [0.2, 0.25) is 0 Å². The molecule has 0 fully saturated rings. The molecule has 2 aliphatic heterocycles. The largest absolute Gasteiger partial charge is 0.508 e. The maximum Gasteiger partial charge on any atom is 0.340 e. The van der Waals surface area contributed by atoms with E-state index in [-0.39, 0.29) is 11.5 Å². The van der Waals surface area contributed by atoms with Crippen molar-refractivity contribution in [2.45, 2.75) is 12.5 Å². The van der Waals surface area contributed by atoms with Gasteiger partial charge in [0.05, 0.1) is 5.56 Å². The minimum atomic E-state index is -1.22. The number of aromatic hydroxyl groups is 2. The average Bonchev–Trinajstić information content (AvgIpc) is 3.08. The molecule has 0 bridgehead atoms. The van der Waals surface area contributed by atoms with Gasteiger partial charge in [-0.2, -0.15) is 0 Å². The highest BCUT2D eigenvalue weighted by Crippen LogP contribution is 2.57. The lowest BCUT2D eigenvalue weighted by atomic mass is 9.77. The van der Waals surface area contributed by atoms with Gasteiger partial charge in [0.1, 0.15) is 23.0 Å².